The highest BCUT2D eigenvalue weighted by Crippen LogP contribution is 2.26. The van der Waals surface area contributed by atoms with E-state index in [4.69, 9.17) is 4.74 Å². The molecular formula is C17H24N2O6S. The van der Waals surface area contributed by atoms with E-state index in [1.807, 2.05) is 0 Å². The van der Waals surface area contributed by atoms with Gasteiger partial charge in [-0.2, -0.15) is 0 Å². The number of amides is 1. The quantitative estimate of drug-likeness (QED) is 0.677. The molecule has 1 saturated heterocycles. The zero-order valence-corrected chi connectivity index (χ0v) is 15.7. The van der Waals surface area contributed by atoms with Crippen molar-refractivity contribution in [1.82, 2.24) is 9.62 Å². The molecule has 0 aromatic heterocycles. The number of carboxylic acids is 1. The van der Waals surface area contributed by atoms with Gasteiger partial charge in [0.15, 0.2) is 0 Å². The summed E-state index contributed by atoms with van der Waals surface area (Å²) in [5, 5.41) is 9.30. The summed E-state index contributed by atoms with van der Waals surface area (Å²) >= 11 is 0. The van der Waals surface area contributed by atoms with Crippen LogP contribution in [-0.2, 0) is 19.6 Å². The average Bonchev–Trinajstić information content (AvgIpc) is 2.61. The monoisotopic (exact) mass is 384 g/mol. The number of sulfonamides is 1. The van der Waals surface area contributed by atoms with Crippen LogP contribution in [0.2, 0.25) is 0 Å². The van der Waals surface area contributed by atoms with Crippen molar-refractivity contribution in [2.75, 3.05) is 26.8 Å². The highest BCUT2D eigenvalue weighted by Gasteiger charge is 2.35. The van der Waals surface area contributed by atoms with Crippen LogP contribution < -0.4 is 4.72 Å². The van der Waals surface area contributed by atoms with E-state index in [0.717, 1.165) is 0 Å². The largest absolute Gasteiger partial charge is 0.481 e. The Labute approximate surface area is 153 Å². The normalized spacial score (nSPS) is 20.8. The molecule has 1 aliphatic heterocycles. The van der Waals surface area contributed by atoms with Crippen LogP contribution in [0.1, 0.15) is 30.1 Å². The molecule has 0 saturated carbocycles. The maximum Gasteiger partial charge on any atom is 0.308 e. The fourth-order valence-corrected chi connectivity index (χ4v) is 4.14. The molecule has 9 heteroatoms. The second-order valence-electron chi connectivity index (χ2n) is 6.24. The van der Waals surface area contributed by atoms with Crippen LogP contribution in [0.5, 0.6) is 0 Å². The Morgan fingerprint density at radius 2 is 2.12 bits per heavy atom. The number of likely N-dealkylation sites (tertiary alicyclic amines) is 1. The van der Waals surface area contributed by atoms with Gasteiger partial charge in [-0.3, -0.25) is 9.59 Å². The number of rotatable bonds is 7. The van der Waals surface area contributed by atoms with Crippen molar-refractivity contribution in [3.05, 3.63) is 29.8 Å². The van der Waals surface area contributed by atoms with Crippen molar-refractivity contribution in [3.8, 4) is 0 Å². The zero-order valence-electron chi connectivity index (χ0n) is 14.8. The number of carbonyl (C=O) groups is 2. The van der Waals surface area contributed by atoms with Gasteiger partial charge in [0, 0.05) is 31.8 Å². The first-order valence-electron chi connectivity index (χ1n) is 8.40. The standard InChI is InChI=1S/C17H24N2O6S/c1-12-15(17(21)22)7-4-9-19(12)16(20)13-5-3-6-14(11-13)26(23,24)18-8-10-25-2/h3,5-6,11-12,15,18H,4,7-10H2,1-2H3,(H,21,22)/t12-,15-/m0/s1. The highest BCUT2D eigenvalue weighted by molar-refractivity contribution is 7.89. The maximum atomic E-state index is 12.8. The van der Waals surface area contributed by atoms with Crippen LogP contribution in [-0.4, -0.2) is 63.1 Å². The molecule has 0 radical (unpaired) electrons. The van der Waals surface area contributed by atoms with Crippen LogP contribution in [0.3, 0.4) is 0 Å². The Morgan fingerprint density at radius 1 is 1.38 bits per heavy atom. The minimum atomic E-state index is -3.75. The van der Waals surface area contributed by atoms with Gasteiger partial charge in [0.25, 0.3) is 5.91 Å². The lowest BCUT2D eigenvalue weighted by Crippen LogP contribution is -2.49. The molecule has 1 fully saturated rings. The average molecular weight is 384 g/mol. The van der Waals surface area contributed by atoms with Crippen LogP contribution in [0, 0.1) is 5.92 Å². The van der Waals surface area contributed by atoms with Gasteiger partial charge in [0.1, 0.15) is 0 Å². The van der Waals surface area contributed by atoms with Crippen LogP contribution in [0.15, 0.2) is 29.2 Å². The molecule has 26 heavy (non-hydrogen) atoms. The second kappa shape index (κ2) is 8.61. The lowest BCUT2D eigenvalue weighted by molar-refractivity contribution is -0.144. The summed E-state index contributed by atoms with van der Waals surface area (Å²) in [7, 11) is -2.28. The van der Waals surface area contributed by atoms with Crippen molar-refractivity contribution in [3.63, 3.8) is 0 Å². The van der Waals surface area contributed by atoms with E-state index >= 15 is 0 Å². The van der Waals surface area contributed by atoms with Gasteiger partial charge in [0.05, 0.1) is 17.4 Å². The smallest absolute Gasteiger partial charge is 0.308 e. The van der Waals surface area contributed by atoms with Gasteiger partial charge in [-0.05, 0) is 38.0 Å². The Hall–Kier alpha value is -1.97. The zero-order chi connectivity index (χ0) is 19.3. The van der Waals surface area contributed by atoms with Gasteiger partial charge >= 0.3 is 5.97 Å². The predicted octanol–water partition coefficient (Wildman–Crippen LogP) is 0.937. The molecule has 0 bridgehead atoms. The molecule has 0 unspecified atom stereocenters. The molecular weight excluding hydrogens is 360 g/mol. The maximum absolute atomic E-state index is 12.8. The Kier molecular flexibility index (Phi) is 6.74. The summed E-state index contributed by atoms with van der Waals surface area (Å²) in [5.41, 5.74) is 0.220. The van der Waals surface area contributed by atoms with Crippen molar-refractivity contribution >= 4 is 21.9 Å². The molecule has 8 nitrogen and oxygen atoms in total. The molecule has 0 spiro atoms. The molecule has 2 atom stereocenters. The van der Waals surface area contributed by atoms with Crippen molar-refractivity contribution in [1.29, 1.82) is 0 Å². The predicted molar refractivity (Wildman–Crippen MR) is 94.4 cm³/mol. The summed E-state index contributed by atoms with van der Waals surface area (Å²) in [6.45, 7) is 2.52. The van der Waals surface area contributed by atoms with E-state index < -0.39 is 28.0 Å². The first-order valence-corrected chi connectivity index (χ1v) is 9.88. The fraction of sp³-hybridized carbons (Fsp3) is 0.529. The lowest BCUT2D eigenvalue weighted by atomic mass is 9.90. The number of ether oxygens (including phenoxy) is 1. The van der Waals surface area contributed by atoms with Crippen LogP contribution >= 0.6 is 0 Å². The van der Waals surface area contributed by atoms with Gasteiger partial charge in [0.2, 0.25) is 10.0 Å². The second-order valence-corrected chi connectivity index (χ2v) is 8.01. The van der Waals surface area contributed by atoms with Crippen LogP contribution in [0.4, 0.5) is 0 Å². The molecule has 1 aromatic carbocycles. The molecule has 1 amide bonds. The number of piperidine rings is 1. The Morgan fingerprint density at radius 3 is 2.77 bits per heavy atom. The van der Waals surface area contributed by atoms with Gasteiger partial charge in [-0.1, -0.05) is 6.07 Å². The van der Waals surface area contributed by atoms with E-state index in [0.29, 0.717) is 19.4 Å². The number of benzene rings is 1. The van der Waals surface area contributed by atoms with Crippen molar-refractivity contribution in [2.45, 2.75) is 30.7 Å². The van der Waals surface area contributed by atoms with E-state index in [9.17, 15) is 23.1 Å². The van der Waals surface area contributed by atoms with E-state index in [1.165, 1.54) is 36.3 Å². The summed E-state index contributed by atoms with van der Waals surface area (Å²) < 4.78 is 31.8. The Balaban J connectivity index is 2.21. The topological polar surface area (TPSA) is 113 Å². The number of nitrogens with zero attached hydrogens (tertiary/aromatic N) is 1. The summed E-state index contributed by atoms with van der Waals surface area (Å²) in [4.78, 5) is 25.7. The number of nitrogens with one attached hydrogen (secondary N) is 1. The fourth-order valence-electron chi connectivity index (χ4n) is 3.08. The first-order chi connectivity index (χ1) is 12.3. The summed E-state index contributed by atoms with van der Waals surface area (Å²) in [5.74, 6) is -1.90. The molecule has 1 heterocycles. The minimum Gasteiger partial charge on any atom is -0.481 e. The lowest BCUT2D eigenvalue weighted by Gasteiger charge is -2.37. The van der Waals surface area contributed by atoms with Crippen molar-refractivity contribution < 1.29 is 27.9 Å². The first kappa shape index (κ1) is 20.3. The van der Waals surface area contributed by atoms with Crippen molar-refractivity contribution in [2.24, 2.45) is 5.92 Å². The van der Waals surface area contributed by atoms with E-state index in [2.05, 4.69) is 4.72 Å². The number of hydrogen-bond donors (Lipinski definition) is 2. The summed E-state index contributed by atoms with van der Waals surface area (Å²) in [6, 6.07) is 5.31. The van der Waals surface area contributed by atoms with Crippen LogP contribution in [0.25, 0.3) is 0 Å². The molecule has 2 N–H and O–H groups in total. The third kappa shape index (κ3) is 4.60. The number of carbonyl (C=O) groups excluding carboxylic acids is 1. The number of carboxylic acid groups (broad SMARTS) is 1. The summed E-state index contributed by atoms with van der Waals surface area (Å²) in [6.07, 6.45) is 1.13. The highest BCUT2D eigenvalue weighted by atomic mass is 32.2. The SMILES string of the molecule is COCCNS(=O)(=O)c1cccc(C(=O)N2CCC[C@H](C(=O)O)[C@@H]2C)c1. The molecule has 1 aliphatic rings. The van der Waals surface area contributed by atoms with Gasteiger partial charge in [-0.25, -0.2) is 13.1 Å². The number of methoxy groups -OCH3 is 1. The molecule has 2 rings (SSSR count). The number of aliphatic carboxylic acids is 1. The van der Waals surface area contributed by atoms with E-state index in [-0.39, 0.29) is 29.5 Å². The van der Waals surface area contributed by atoms with Gasteiger partial charge < -0.3 is 14.7 Å². The van der Waals surface area contributed by atoms with Gasteiger partial charge in [-0.15, -0.1) is 0 Å². The third-order valence-electron chi connectivity index (χ3n) is 4.56. The molecule has 0 aliphatic carbocycles. The van der Waals surface area contributed by atoms with E-state index in [1.54, 1.807) is 6.92 Å². The third-order valence-corrected chi connectivity index (χ3v) is 6.01. The Bertz CT molecular complexity index is 764. The molecule has 1 aromatic rings. The number of hydrogen-bond acceptors (Lipinski definition) is 5. The molecule has 144 valence electrons. The minimum absolute atomic E-state index is 0.0149.